The predicted molar refractivity (Wildman–Crippen MR) is 102 cm³/mol. The number of carbonyl (C=O) groups excluding carboxylic acids is 1. The molecule has 138 valence electrons. The minimum Gasteiger partial charge on any atom is -0.478 e. The molecule has 1 aromatic carbocycles. The van der Waals surface area contributed by atoms with Crippen LogP contribution in [0.5, 0.6) is 0 Å². The van der Waals surface area contributed by atoms with Crippen molar-refractivity contribution in [1.29, 1.82) is 0 Å². The minimum atomic E-state index is -1.04. The number of rotatable bonds is 5. The Labute approximate surface area is 161 Å². The zero-order chi connectivity index (χ0) is 19.4. The molecule has 0 aliphatic heterocycles. The highest BCUT2D eigenvalue weighted by Gasteiger charge is 2.12. The number of thiophene rings is 1. The molecule has 0 aliphatic rings. The molecule has 0 atom stereocenters. The quantitative estimate of drug-likeness (QED) is 0.662. The number of carbonyl (C=O) groups is 2. The van der Waals surface area contributed by atoms with Gasteiger partial charge in [-0.25, -0.2) is 14.6 Å². The first-order chi connectivity index (χ1) is 13.0. The second kappa shape index (κ2) is 8.11. The Hall–Kier alpha value is -3.04. The third-order valence-corrected chi connectivity index (χ3v) is 5.43. The summed E-state index contributed by atoms with van der Waals surface area (Å²) in [6.07, 6.45) is 0. The lowest BCUT2D eigenvalue weighted by molar-refractivity contribution is 0.0604. The van der Waals surface area contributed by atoms with Crippen molar-refractivity contribution in [1.82, 2.24) is 4.57 Å². The number of ether oxygens (including phenoxy) is 1. The fourth-order valence-corrected chi connectivity index (χ4v) is 3.88. The maximum Gasteiger partial charge on any atom is 0.348 e. The standard InChI is InChI=1S/C18H14N2O5S2/c1-25-17(24)14-9-15(21)20(10-13-3-2-8-26-13)18(27-14)19-12-6-4-11(5-7-12)16(22)23/h2-9H,10H2,1H3,(H,22,23). The summed E-state index contributed by atoms with van der Waals surface area (Å²) in [6, 6.07) is 11.0. The van der Waals surface area contributed by atoms with E-state index in [0.717, 1.165) is 16.2 Å². The first kappa shape index (κ1) is 18.7. The molecule has 1 N–H and O–H groups in total. The molecule has 3 rings (SSSR count). The van der Waals surface area contributed by atoms with Crippen molar-refractivity contribution in [3.05, 3.63) is 78.3 Å². The van der Waals surface area contributed by atoms with Crippen LogP contribution in [-0.2, 0) is 11.3 Å². The first-order valence-electron chi connectivity index (χ1n) is 7.71. The largest absolute Gasteiger partial charge is 0.478 e. The van der Waals surface area contributed by atoms with E-state index in [1.165, 1.54) is 41.2 Å². The van der Waals surface area contributed by atoms with Crippen LogP contribution in [0, 0.1) is 0 Å². The van der Waals surface area contributed by atoms with Crippen LogP contribution in [0.2, 0.25) is 0 Å². The van der Waals surface area contributed by atoms with Gasteiger partial charge in [-0.3, -0.25) is 9.36 Å². The Morgan fingerprint density at radius 2 is 1.96 bits per heavy atom. The van der Waals surface area contributed by atoms with E-state index in [4.69, 9.17) is 9.84 Å². The van der Waals surface area contributed by atoms with Gasteiger partial charge in [0.15, 0.2) is 4.80 Å². The molecule has 3 aromatic rings. The molecular formula is C18H14N2O5S2. The van der Waals surface area contributed by atoms with E-state index < -0.39 is 11.9 Å². The molecule has 7 nitrogen and oxygen atoms in total. The van der Waals surface area contributed by atoms with Crippen LogP contribution in [0.4, 0.5) is 5.69 Å². The number of methoxy groups -OCH3 is 1. The van der Waals surface area contributed by atoms with Gasteiger partial charge in [-0.05, 0) is 35.7 Å². The van der Waals surface area contributed by atoms with Crippen molar-refractivity contribution >= 4 is 40.3 Å². The maximum atomic E-state index is 12.6. The molecule has 9 heteroatoms. The number of hydrogen-bond donors (Lipinski definition) is 1. The molecule has 2 aromatic heterocycles. The van der Waals surface area contributed by atoms with E-state index in [9.17, 15) is 14.4 Å². The number of carboxylic acids is 1. The topological polar surface area (TPSA) is 98.0 Å². The predicted octanol–water partition coefficient (Wildman–Crippen LogP) is 2.74. The number of nitrogens with zero attached hydrogens (tertiary/aromatic N) is 2. The molecule has 0 saturated carbocycles. The average molecular weight is 402 g/mol. The second-order valence-corrected chi connectivity index (χ2v) is 7.39. The van der Waals surface area contributed by atoms with Crippen molar-refractivity contribution in [2.24, 2.45) is 4.99 Å². The molecule has 0 bridgehead atoms. The highest BCUT2D eigenvalue weighted by molar-refractivity contribution is 7.11. The summed E-state index contributed by atoms with van der Waals surface area (Å²) in [5.74, 6) is -1.65. The number of aromatic carboxylic acids is 1. The number of hydrogen-bond acceptors (Lipinski definition) is 7. The van der Waals surface area contributed by atoms with E-state index in [1.54, 1.807) is 12.1 Å². The Morgan fingerprint density at radius 3 is 2.56 bits per heavy atom. The molecule has 27 heavy (non-hydrogen) atoms. The highest BCUT2D eigenvalue weighted by Crippen LogP contribution is 2.14. The van der Waals surface area contributed by atoms with Gasteiger partial charge in [-0.15, -0.1) is 11.3 Å². The first-order valence-corrected chi connectivity index (χ1v) is 9.41. The van der Waals surface area contributed by atoms with Crippen LogP contribution in [0.15, 0.2) is 57.6 Å². The van der Waals surface area contributed by atoms with E-state index in [-0.39, 0.29) is 16.0 Å². The molecule has 0 spiro atoms. The summed E-state index contributed by atoms with van der Waals surface area (Å²) < 4.78 is 6.17. The minimum absolute atomic E-state index is 0.136. The Balaban J connectivity index is 2.14. The van der Waals surface area contributed by atoms with Gasteiger partial charge in [0.1, 0.15) is 4.88 Å². The van der Waals surface area contributed by atoms with Crippen molar-refractivity contribution in [3.8, 4) is 0 Å². The summed E-state index contributed by atoms with van der Waals surface area (Å²) in [5, 5.41) is 10.9. The molecule has 0 unspecified atom stereocenters. The SMILES string of the molecule is COC(=O)c1cc(=O)n(Cc2cccs2)c(=Nc2ccc(C(=O)O)cc2)s1. The normalized spacial score (nSPS) is 11.4. The lowest BCUT2D eigenvalue weighted by Gasteiger charge is -2.06. The summed E-state index contributed by atoms with van der Waals surface area (Å²) in [7, 11) is 1.24. The van der Waals surface area contributed by atoms with Crippen LogP contribution in [0.1, 0.15) is 24.9 Å². The highest BCUT2D eigenvalue weighted by atomic mass is 32.1. The smallest absolute Gasteiger partial charge is 0.348 e. The third-order valence-electron chi connectivity index (χ3n) is 3.57. The van der Waals surface area contributed by atoms with Gasteiger partial charge in [0.2, 0.25) is 0 Å². The van der Waals surface area contributed by atoms with Crippen molar-refractivity contribution in [2.45, 2.75) is 6.54 Å². The fraction of sp³-hybridized carbons (Fsp3) is 0.111. The van der Waals surface area contributed by atoms with E-state index in [0.29, 0.717) is 17.0 Å². The molecule has 2 heterocycles. The summed E-state index contributed by atoms with van der Waals surface area (Å²) in [6.45, 7) is 0.320. The van der Waals surface area contributed by atoms with Gasteiger partial charge in [-0.1, -0.05) is 17.4 Å². The van der Waals surface area contributed by atoms with E-state index in [2.05, 4.69) is 4.99 Å². The van der Waals surface area contributed by atoms with Gasteiger partial charge in [0, 0.05) is 10.9 Å². The number of aromatic nitrogens is 1. The average Bonchev–Trinajstić information content (AvgIpc) is 3.17. The van der Waals surface area contributed by atoms with Crippen LogP contribution in [0.3, 0.4) is 0 Å². The lowest BCUT2D eigenvalue weighted by Crippen LogP contribution is -2.32. The van der Waals surface area contributed by atoms with Gasteiger partial charge in [-0.2, -0.15) is 0 Å². The van der Waals surface area contributed by atoms with Crippen molar-refractivity contribution in [2.75, 3.05) is 7.11 Å². The van der Waals surface area contributed by atoms with Gasteiger partial charge >= 0.3 is 11.9 Å². The zero-order valence-electron chi connectivity index (χ0n) is 14.1. The van der Waals surface area contributed by atoms with Gasteiger partial charge in [0.05, 0.1) is 24.9 Å². The number of esters is 1. The second-order valence-electron chi connectivity index (χ2n) is 5.35. The Kier molecular flexibility index (Phi) is 5.63. The third kappa shape index (κ3) is 4.39. The molecule has 0 radical (unpaired) electrons. The molecule has 0 fully saturated rings. The Bertz CT molecular complexity index is 1100. The molecular weight excluding hydrogens is 388 g/mol. The molecule has 0 aliphatic carbocycles. The molecule has 0 saturated heterocycles. The van der Waals surface area contributed by atoms with E-state index >= 15 is 0 Å². The maximum absolute atomic E-state index is 12.6. The summed E-state index contributed by atoms with van der Waals surface area (Å²) >= 11 is 2.54. The van der Waals surface area contributed by atoms with Crippen molar-refractivity contribution < 1.29 is 19.4 Å². The van der Waals surface area contributed by atoms with Crippen LogP contribution >= 0.6 is 22.7 Å². The van der Waals surface area contributed by atoms with E-state index in [1.807, 2.05) is 17.5 Å². The van der Waals surface area contributed by atoms with Crippen LogP contribution in [0.25, 0.3) is 0 Å². The molecule has 0 amide bonds. The van der Waals surface area contributed by atoms with Crippen molar-refractivity contribution in [3.63, 3.8) is 0 Å². The zero-order valence-corrected chi connectivity index (χ0v) is 15.8. The lowest BCUT2D eigenvalue weighted by atomic mass is 10.2. The van der Waals surface area contributed by atoms with Crippen LogP contribution in [-0.4, -0.2) is 28.7 Å². The monoisotopic (exact) mass is 402 g/mol. The summed E-state index contributed by atoms with van der Waals surface area (Å²) in [4.78, 5) is 41.3. The number of benzene rings is 1. The number of carboxylic acid groups (broad SMARTS) is 1. The summed E-state index contributed by atoms with van der Waals surface area (Å²) in [5.41, 5.74) is 0.234. The Morgan fingerprint density at radius 1 is 1.22 bits per heavy atom. The van der Waals surface area contributed by atoms with Crippen LogP contribution < -0.4 is 10.4 Å². The van der Waals surface area contributed by atoms with Gasteiger partial charge < -0.3 is 9.84 Å². The van der Waals surface area contributed by atoms with Gasteiger partial charge in [0.25, 0.3) is 5.56 Å². The fourth-order valence-electron chi connectivity index (χ4n) is 2.24.